The average Bonchev–Trinajstić information content (AvgIpc) is 2.87. The number of carbonyl (C=O) groups excluding carboxylic acids is 2. The molecule has 8 heteroatoms. The van der Waals surface area contributed by atoms with Crippen molar-refractivity contribution in [1.82, 2.24) is 4.98 Å². The Morgan fingerprint density at radius 1 is 1.48 bits per heavy atom. The van der Waals surface area contributed by atoms with Crippen molar-refractivity contribution in [1.29, 1.82) is 0 Å². The standard InChI is InChI=1S/C13H21N3O4S/c1-4-20-11(18)13(2,3)9-8-21-12(16-9)15-5-6-19-7-10(14)17/h8H,4-7H2,1-3H3,(H2,14,17)(H,15,16). The Labute approximate surface area is 127 Å². The first-order chi connectivity index (χ1) is 9.87. The van der Waals surface area contributed by atoms with Crippen molar-refractivity contribution in [2.75, 3.05) is 31.7 Å². The number of nitrogens with zero attached hydrogens (tertiary/aromatic N) is 1. The highest BCUT2D eigenvalue weighted by Crippen LogP contribution is 2.28. The molecular weight excluding hydrogens is 294 g/mol. The zero-order chi connectivity index (χ0) is 15.9. The smallest absolute Gasteiger partial charge is 0.317 e. The summed E-state index contributed by atoms with van der Waals surface area (Å²) in [6.45, 7) is 6.42. The molecule has 0 aliphatic rings. The second-order valence-corrected chi connectivity index (χ2v) is 5.69. The number of aromatic nitrogens is 1. The van der Waals surface area contributed by atoms with Gasteiger partial charge in [-0.3, -0.25) is 9.59 Å². The predicted molar refractivity (Wildman–Crippen MR) is 80.3 cm³/mol. The second kappa shape index (κ2) is 7.94. The molecule has 0 saturated heterocycles. The third-order valence-corrected chi connectivity index (χ3v) is 3.50. The van der Waals surface area contributed by atoms with Crippen LogP contribution in [0.3, 0.4) is 0 Å². The lowest BCUT2D eigenvalue weighted by Crippen LogP contribution is -2.31. The first-order valence-corrected chi connectivity index (χ1v) is 7.49. The van der Waals surface area contributed by atoms with Crippen LogP contribution in [0.4, 0.5) is 5.13 Å². The van der Waals surface area contributed by atoms with Gasteiger partial charge in [0, 0.05) is 11.9 Å². The summed E-state index contributed by atoms with van der Waals surface area (Å²) in [5, 5.41) is 5.57. The van der Waals surface area contributed by atoms with E-state index >= 15 is 0 Å². The number of hydrogen-bond donors (Lipinski definition) is 2. The highest BCUT2D eigenvalue weighted by atomic mass is 32.1. The van der Waals surface area contributed by atoms with Crippen LogP contribution in [0.2, 0.25) is 0 Å². The van der Waals surface area contributed by atoms with E-state index in [0.29, 0.717) is 30.6 Å². The lowest BCUT2D eigenvalue weighted by Gasteiger charge is -2.19. The highest BCUT2D eigenvalue weighted by Gasteiger charge is 2.33. The van der Waals surface area contributed by atoms with Crippen molar-refractivity contribution in [3.05, 3.63) is 11.1 Å². The van der Waals surface area contributed by atoms with Crippen molar-refractivity contribution in [2.45, 2.75) is 26.2 Å². The SMILES string of the molecule is CCOC(=O)C(C)(C)c1csc(NCCOCC(N)=O)n1. The van der Waals surface area contributed by atoms with E-state index in [1.807, 2.05) is 5.38 Å². The van der Waals surface area contributed by atoms with Gasteiger partial charge in [-0.25, -0.2) is 4.98 Å². The summed E-state index contributed by atoms with van der Waals surface area (Å²) in [7, 11) is 0. The van der Waals surface area contributed by atoms with Gasteiger partial charge in [0.2, 0.25) is 5.91 Å². The minimum absolute atomic E-state index is 0.0965. The van der Waals surface area contributed by atoms with Gasteiger partial charge in [-0.1, -0.05) is 0 Å². The lowest BCUT2D eigenvalue weighted by molar-refractivity contribution is -0.148. The fourth-order valence-electron chi connectivity index (χ4n) is 1.46. The van der Waals surface area contributed by atoms with Gasteiger partial charge in [0.05, 0.1) is 18.9 Å². The van der Waals surface area contributed by atoms with E-state index in [1.54, 1.807) is 20.8 Å². The highest BCUT2D eigenvalue weighted by molar-refractivity contribution is 7.13. The molecule has 118 valence electrons. The molecule has 7 nitrogen and oxygen atoms in total. The van der Waals surface area contributed by atoms with Crippen LogP contribution >= 0.6 is 11.3 Å². The number of esters is 1. The molecule has 1 aromatic heterocycles. The molecule has 1 aromatic rings. The first-order valence-electron chi connectivity index (χ1n) is 6.61. The third kappa shape index (κ3) is 5.31. The Hall–Kier alpha value is -1.67. The third-order valence-electron chi connectivity index (χ3n) is 2.70. The molecular formula is C13H21N3O4S. The number of anilines is 1. The molecule has 0 aliphatic heterocycles. The molecule has 0 radical (unpaired) electrons. The number of amides is 1. The number of nitrogens with two attached hydrogens (primary N) is 1. The number of carbonyl (C=O) groups is 2. The van der Waals surface area contributed by atoms with Gasteiger partial charge in [-0.15, -0.1) is 11.3 Å². The molecule has 0 atom stereocenters. The van der Waals surface area contributed by atoms with Gasteiger partial charge in [-0.2, -0.15) is 0 Å². The number of hydrogen-bond acceptors (Lipinski definition) is 7. The Bertz CT molecular complexity index is 488. The van der Waals surface area contributed by atoms with Gasteiger partial charge < -0.3 is 20.5 Å². The van der Waals surface area contributed by atoms with E-state index in [1.165, 1.54) is 11.3 Å². The topological polar surface area (TPSA) is 104 Å². The molecule has 0 aromatic carbocycles. The zero-order valence-corrected chi connectivity index (χ0v) is 13.3. The summed E-state index contributed by atoms with van der Waals surface area (Å²) < 4.78 is 10.1. The maximum absolute atomic E-state index is 11.9. The molecule has 0 fully saturated rings. The Balaban J connectivity index is 2.49. The van der Waals surface area contributed by atoms with Crippen molar-refractivity contribution in [3.8, 4) is 0 Å². The molecule has 1 heterocycles. The molecule has 0 spiro atoms. The van der Waals surface area contributed by atoms with Crippen LogP contribution in [0.1, 0.15) is 26.5 Å². The summed E-state index contributed by atoms with van der Waals surface area (Å²) in [6.07, 6.45) is 0. The van der Waals surface area contributed by atoms with Gasteiger partial charge >= 0.3 is 5.97 Å². The fraction of sp³-hybridized carbons (Fsp3) is 0.615. The fourth-order valence-corrected chi connectivity index (χ4v) is 2.37. The number of nitrogens with one attached hydrogen (secondary N) is 1. The molecule has 0 aliphatic carbocycles. The van der Waals surface area contributed by atoms with Crippen LogP contribution in [0.25, 0.3) is 0 Å². The maximum atomic E-state index is 11.9. The van der Waals surface area contributed by atoms with E-state index < -0.39 is 11.3 Å². The lowest BCUT2D eigenvalue weighted by atomic mass is 9.90. The number of primary amides is 1. The van der Waals surface area contributed by atoms with Gasteiger partial charge in [-0.05, 0) is 20.8 Å². The largest absolute Gasteiger partial charge is 0.465 e. The van der Waals surface area contributed by atoms with Crippen LogP contribution in [-0.2, 0) is 24.5 Å². The summed E-state index contributed by atoms with van der Waals surface area (Å²) in [5.74, 6) is -0.797. The molecule has 3 N–H and O–H groups in total. The van der Waals surface area contributed by atoms with Gasteiger partial charge in [0.25, 0.3) is 0 Å². The van der Waals surface area contributed by atoms with E-state index in [2.05, 4.69) is 10.3 Å². The summed E-state index contributed by atoms with van der Waals surface area (Å²) in [5.41, 5.74) is 4.83. The van der Waals surface area contributed by atoms with Crippen molar-refractivity contribution < 1.29 is 19.1 Å². The van der Waals surface area contributed by atoms with Crippen molar-refractivity contribution in [3.63, 3.8) is 0 Å². The van der Waals surface area contributed by atoms with Crippen LogP contribution in [-0.4, -0.2) is 43.2 Å². The monoisotopic (exact) mass is 315 g/mol. The van der Waals surface area contributed by atoms with E-state index in [0.717, 1.165) is 0 Å². The van der Waals surface area contributed by atoms with Gasteiger partial charge in [0.1, 0.15) is 12.0 Å². The minimum atomic E-state index is -0.783. The van der Waals surface area contributed by atoms with Crippen LogP contribution in [0.5, 0.6) is 0 Å². The second-order valence-electron chi connectivity index (χ2n) is 4.83. The number of ether oxygens (including phenoxy) is 2. The quantitative estimate of drug-likeness (QED) is 0.518. The summed E-state index contributed by atoms with van der Waals surface area (Å²) >= 11 is 1.40. The maximum Gasteiger partial charge on any atom is 0.317 e. The van der Waals surface area contributed by atoms with E-state index in [-0.39, 0.29) is 12.6 Å². The van der Waals surface area contributed by atoms with Crippen molar-refractivity contribution in [2.24, 2.45) is 5.73 Å². The molecule has 1 rings (SSSR count). The normalized spacial score (nSPS) is 11.2. The van der Waals surface area contributed by atoms with Crippen LogP contribution in [0.15, 0.2) is 5.38 Å². The Morgan fingerprint density at radius 3 is 2.81 bits per heavy atom. The molecule has 0 unspecified atom stereocenters. The molecule has 21 heavy (non-hydrogen) atoms. The number of thiazole rings is 1. The molecule has 0 saturated carbocycles. The van der Waals surface area contributed by atoms with E-state index in [9.17, 15) is 9.59 Å². The zero-order valence-electron chi connectivity index (χ0n) is 12.5. The summed E-state index contributed by atoms with van der Waals surface area (Å²) in [6, 6.07) is 0. The Kier molecular flexibility index (Phi) is 6.57. The average molecular weight is 315 g/mol. The molecule has 1 amide bonds. The number of rotatable bonds is 9. The molecule has 0 bridgehead atoms. The van der Waals surface area contributed by atoms with Gasteiger partial charge in [0.15, 0.2) is 5.13 Å². The summed E-state index contributed by atoms with van der Waals surface area (Å²) in [4.78, 5) is 26.8. The first kappa shape index (κ1) is 17.4. The van der Waals surface area contributed by atoms with Crippen LogP contribution < -0.4 is 11.1 Å². The Morgan fingerprint density at radius 2 is 2.19 bits per heavy atom. The predicted octanol–water partition coefficient (Wildman–Crippen LogP) is 0.898. The van der Waals surface area contributed by atoms with E-state index in [4.69, 9.17) is 15.2 Å². The van der Waals surface area contributed by atoms with Crippen LogP contribution in [0, 0.1) is 0 Å². The van der Waals surface area contributed by atoms with Crippen molar-refractivity contribution >= 4 is 28.3 Å². The minimum Gasteiger partial charge on any atom is -0.465 e.